The number of ketones is 1. The number of carbonyl (C=O) groups is 3. The molecule has 13 heteroatoms. The van der Waals surface area contributed by atoms with Crippen molar-refractivity contribution in [3.8, 4) is 11.1 Å². The number of amides is 2. The normalized spacial score (nSPS) is 21.1. The number of rotatable bonds is 6. The minimum atomic E-state index is -5.11. The fourth-order valence-electron chi connectivity index (χ4n) is 5.90. The van der Waals surface area contributed by atoms with Crippen LogP contribution in [0.25, 0.3) is 22.0 Å². The topological polar surface area (TPSA) is 110 Å². The molecule has 1 saturated heterocycles. The number of anilines is 1. The fourth-order valence-corrected chi connectivity index (χ4v) is 6.21. The van der Waals surface area contributed by atoms with Crippen molar-refractivity contribution in [2.24, 2.45) is 5.41 Å². The number of Topliss-reactive ketones (excluding diaryl/α,β-unsaturated/α-hetero) is 1. The van der Waals surface area contributed by atoms with Crippen LogP contribution in [-0.2, 0) is 16.1 Å². The maximum atomic E-state index is 13.8. The summed E-state index contributed by atoms with van der Waals surface area (Å²) >= 11 is 3.30. The maximum Gasteiger partial charge on any atom is 0.454 e. The van der Waals surface area contributed by atoms with Gasteiger partial charge in [-0.1, -0.05) is 19.1 Å². The van der Waals surface area contributed by atoms with E-state index in [1.54, 1.807) is 50.5 Å². The van der Waals surface area contributed by atoms with Gasteiger partial charge in [-0.25, -0.2) is 15.0 Å². The number of fused-ring (bicyclic) bond motifs is 2. The number of hydrogen-bond acceptors (Lipinski definition) is 6. The summed E-state index contributed by atoms with van der Waals surface area (Å²) in [7, 11) is 0. The largest absolute Gasteiger partial charge is 0.454 e. The van der Waals surface area contributed by atoms with E-state index >= 15 is 0 Å². The lowest BCUT2D eigenvalue weighted by atomic mass is 10.0. The highest BCUT2D eigenvalue weighted by Gasteiger charge is 2.64. The Morgan fingerprint density at radius 2 is 1.79 bits per heavy atom. The summed E-state index contributed by atoms with van der Waals surface area (Å²) in [5, 5.41) is 2.88. The zero-order valence-corrected chi connectivity index (χ0v) is 25.0. The third-order valence-electron chi connectivity index (χ3n) is 8.33. The van der Waals surface area contributed by atoms with Crippen LogP contribution in [0.15, 0.2) is 53.5 Å². The molecule has 0 bridgehead atoms. The first kappa shape index (κ1) is 29.0. The van der Waals surface area contributed by atoms with E-state index in [0.717, 1.165) is 18.2 Å². The molecule has 1 aromatic carbocycles. The van der Waals surface area contributed by atoms with Gasteiger partial charge in [-0.2, -0.15) is 13.2 Å². The zero-order valence-electron chi connectivity index (χ0n) is 23.4. The first-order chi connectivity index (χ1) is 20.2. The predicted octanol–water partition coefficient (Wildman–Crippen LogP) is 5.64. The molecule has 1 aliphatic heterocycles. The highest BCUT2D eigenvalue weighted by atomic mass is 79.9. The van der Waals surface area contributed by atoms with E-state index in [-0.39, 0.29) is 34.8 Å². The molecule has 222 valence electrons. The average molecular weight is 655 g/mol. The predicted molar refractivity (Wildman–Crippen MR) is 155 cm³/mol. The van der Waals surface area contributed by atoms with Gasteiger partial charge in [0.1, 0.15) is 28.8 Å². The Bertz CT molecular complexity index is 1810. The van der Waals surface area contributed by atoms with Gasteiger partial charge in [0.15, 0.2) is 0 Å². The number of piperidine rings is 1. The van der Waals surface area contributed by atoms with Gasteiger partial charge in [0, 0.05) is 41.1 Å². The molecule has 2 aliphatic rings. The average Bonchev–Trinajstić information content (AvgIpc) is 3.32. The van der Waals surface area contributed by atoms with Gasteiger partial charge in [0.25, 0.3) is 5.78 Å². The molecule has 1 saturated carbocycles. The van der Waals surface area contributed by atoms with Crippen LogP contribution in [0, 0.1) is 19.3 Å². The molecule has 4 heterocycles. The highest BCUT2D eigenvalue weighted by molar-refractivity contribution is 9.10. The monoisotopic (exact) mass is 654 g/mol. The summed E-state index contributed by atoms with van der Waals surface area (Å²) in [6.07, 6.45) is 0.229. The molecule has 4 aromatic rings. The summed E-state index contributed by atoms with van der Waals surface area (Å²) in [5.74, 6) is -1.91. The summed E-state index contributed by atoms with van der Waals surface area (Å²) in [6, 6.07) is 7.33. The molecular formula is C30H26BrF3N6O3. The first-order valence-electron chi connectivity index (χ1n) is 13.5. The van der Waals surface area contributed by atoms with Crippen LogP contribution in [0.4, 0.5) is 19.0 Å². The van der Waals surface area contributed by atoms with Crippen LogP contribution in [0.1, 0.15) is 41.5 Å². The second-order valence-corrected chi connectivity index (χ2v) is 12.2. The Kier molecular flexibility index (Phi) is 6.90. The smallest absolute Gasteiger partial charge is 0.337 e. The maximum absolute atomic E-state index is 13.8. The summed E-state index contributed by atoms with van der Waals surface area (Å²) in [6.45, 7) is 5.18. The molecular weight excluding hydrogens is 629 g/mol. The molecule has 0 radical (unpaired) electrons. The molecule has 0 spiro atoms. The van der Waals surface area contributed by atoms with E-state index in [1.807, 2.05) is 6.92 Å². The third kappa shape index (κ3) is 5.30. The summed E-state index contributed by atoms with van der Waals surface area (Å²) in [4.78, 5) is 53.8. The van der Waals surface area contributed by atoms with E-state index in [0.29, 0.717) is 33.8 Å². The van der Waals surface area contributed by atoms with Crippen molar-refractivity contribution in [1.82, 2.24) is 24.4 Å². The number of nitrogens with one attached hydrogen (secondary N) is 1. The van der Waals surface area contributed by atoms with Crippen molar-refractivity contribution in [3.05, 3.63) is 70.5 Å². The van der Waals surface area contributed by atoms with Gasteiger partial charge < -0.3 is 14.8 Å². The number of aromatic nitrogens is 4. The lowest BCUT2D eigenvalue weighted by Gasteiger charge is -2.27. The number of pyridine rings is 1. The SMILES string of the molecule is Cc1ncc(-c2ccc3c(c2)c(C(=O)C(F)(F)F)cn3CC(=O)N2[C@H](C(=O)Nc3nc(Br)ccc3C)C[C@@]3(C)C[C@@H]23)cn1. The van der Waals surface area contributed by atoms with Crippen LogP contribution < -0.4 is 5.32 Å². The zero-order chi connectivity index (χ0) is 30.8. The number of benzene rings is 1. The van der Waals surface area contributed by atoms with Gasteiger partial charge in [0.05, 0.1) is 5.56 Å². The fraction of sp³-hybridized carbons (Fsp3) is 0.333. The molecule has 1 aliphatic carbocycles. The van der Waals surface area contributed by atoms with Gasteiger partial charge in [0.2, 0.25) is 11.8 Å². The second-order valence-electron chi connectivity index (χ2n) is 11.4. The lowest BCUT2D eigenvalue weighted by molar-refractivity contribution is -0.138. The van der Waals surface area contributed by atoms with Crippen LogP contribution in [-0.4, -0.2) is 60.3 Å². The molecule has 6 rings (SSSR count). The quantitative estimate of drug-likeness (QED) is 0.213. The van der Waals surface area contributed by atoms with Crippen LogP contribution in [0.3, 0.4) is 0 Å². The Morgan fingerprint density at radius 3 is 2.49 bits per heavy atom. The number of alkyl halides is 3. The van der Waals surface area contributed by atoms with E-state index < -0.39 is 29.5 Å². The summed E-state index contributed by atoms with van der Waals surface area (Å²) < 4.78 is 42.7. The van der Waals surface area contributed by atoms with E-state index in [1.165, 1.54) is 15.5 Å². The van der Waals surface area contributed by atoms with Gasteiger partial charge in [-0.3, -0.25) is 14.4 Å². The highest BCUT2D eigenvalue weighted by Crippen LogP contribution is 2.59. The second kappa shape index (κ2) is 10.2. The number of halogens is 4. The number of likely N-dealkylation sites (tertiary alicyclic amines) is 1. The Labute approximate surface area is 252 Å². The van der Waals surface area contributed by atoms with Gasteiger partial charge in [-0.05, 0) is 77.4 Å². The van der Waals surface area contributed by atoms with Crippen molar-refractivity contribution in [3.63, 3.8) is 0 Å². The lowest BCUT2D eigenvalue weighted by Crippen LogP contribution is -2.46. The molecule has 1 N–H and O–H groups in total. The molecule has 9 nitrogen and oxygen atoms in total. The molecule has 3 atom stereocenters. The van der Waals surface area contributed by atoms with E-state index in [4.69, 9.17) is 0 Å². The van der Waals surface area contributed by atoms with Crippen molar-refractivity contribution >= 4 is 50.2 Å². The van der Waals surface area contributed by atoms with Gasteiger partial charge in [-0.15, -0.1) is 0 Å². The number of aryl methyl sites for hydroxylation is 2. The molecule has 3 aromatic heterocycles. The van der Waals surface area contributed by atoms with Crippen molar-refractivity contribution in [2.75, 3.05) is 5.32 Å². The van der Waals surface area contributed by atoms with Crippen LogP contribution in [0.2, 0.25) is 0 Å². The molecule has 2 fully saturated rings. The minimum Gasteiger partial charge on any atom is -0.337 e. The van der Waals surface area contributed by atoms with Crippen LogP contribution >= 0.6 is 15.9 Å². The van der Waals surface area contributed by atoms with Gasteiger partial charge >= 0.3 is 6.18 Å². The Hall–Kier alpha value is -4.13. The minimum absolute atomic E-state index is 0.0522. The van der Waals surface area contributed by atoms with E-state index in [9.17, 15) is 27.6 Å². The first-order valence-corrected chi connectivity index (χ1v) is 14.3. The third-order valence-corrected chi connectivity index (χ3v) is 8.78. The van der Waals surface area contributed by atoms with Crippen LogP contribution in [0.5, 0.6) is 0 Å². The van der Waals surface area contributed by atoms with Crippen molar-refractivity contribution in [2.45, 2.75) is 58.4 Å². The standard InChI is InChI=1S/C30H26BrF3N6O3/c1-15-4-7-24(31)37-27(15)38-28(43)22-9-29(3)10-23(29)40(22)25(41)14-39-13-20(26(42)30(32,33)34)19-8-17(5-6-21(19)39)18-11-35-16(2)36-12-18/h4-8,11-13,22-23H,9-10,14H2,1-3H3,(H,37,38,43)/t22-,23+,29-/m0/s1. The number of nitrogens with zero attached hydrogens (tertiary/aromatic N) is 5. The number of carbonyl (C=O) groups excluding carboxylic acids is 3. The molecule has 0 unspecified atom stereocenters. The van der Waals surface area contributed by atoms with E-state index in [2.05, 4.69) is 36.2 Å². The Balaban J connectivity index is 1.33. The Morgan fingerprint density at radius 1 is 1.07 bits per heavy atom. The summed E-state index contributed by atoms with van der Waals surface area (Å²) in [5.41, 5.74) is 1.34. The van der Waals surface area contributed by atoms with Crippen molar-refractivity contribution < 1.29 is 27.6 Å². The number of hydrogen-bond donors (Lipinski definition) is 1. The van der Waals surface area contributed by atoms with Crippen molar-refractivity contribution in [1.29, 1.82) is 0 Å². The molecule has 2 amide bonds. The molecule has 43 heavy (non-hydrogen) atoms.